The summed E-state index contributed by atoms with van der Waals surface area (Å²) in [6, 6.07) is 10.1. The first-order valence-corrected chi connectivity index (χ1v) is 7.90. The zero-order valence-corrected chi connectivity index (χ0v) is 13.0. The smallest absolute Gasteiger partial charge is 0.358 e. The molecular formula is C15H19N3O2S. The number of thioether (sulfide) groups is 1. The number of aromatic carboxylic acids is 1. The largest absolute Gasteiger partial charge is 0.476 e. The summed E-state index contributed by atoms with van der Waals surface area (Å²) in [5, 5.41) is 17.0. The lowest BCUT2D eigenvalue weighted by Gasteiger charge is -2.09. The van der Waals surface area contributed by atoms with E-state index >= 15 is 0 Å². The van der Waals surface area contributed by atoms with E-state index in [9.17, 15) is 9.90 Å². The summed E-state index contributed by atoms with van der Waals surface area (Å²) in [4.78, 5) is 12.4. The number of carboxylic acids is 1. The van der Waals surface area contributed by atoms with Crippen molar-refractivity contribution in [1.82, 2.24) is 15.0 Å². The number of carbonyl (C=O) groups is 1. The second-order valence-electron chi connectivity index (χ2n) is 5.17. The summed E-state index contributed by atoms with van der Waals surface area (Å²) in [5.41, 5.74) is 0.791. The number of nitrogens with zero attached hydrogens (tertiary/aromatic N) is 3. The molecule has 0 aliphatic heterocycles. The van der Waals surface area contributed by atoms with Crippen LogP contribution >= 0.6 is 11.8 Å². The van der Waals surface area contributed by atoms with Gasteiger partial charge in [-0.2, -0.15) is 0 Å². The quantitative estimate of drug-likeness (QED) is 0.797. The molecule has 0 aliphatic rings. The molecule has 0 saturated carbocycles. The van der Waals surface area contributed by atoms with E-state index in [4.69, 9.17) is 0 Å². The number of hydrogen-bond acceptors (Lipinski definition) is 4. The summed E-state index contributed by atoms with van der Waals surface area (Å²) in [6.45, 7) is 4.77. The van der Waals surface area contributed by atoms with E-state index in [-0.39, 0.29) is 5.69 Å². The third kappa shape index (κ3) is 4.32. The number of benzene rings is 1. The first kappa shape index (κ1) is 15.6. The molecule has 1 aromatic carbocycles. The van der Waals surface area contributed by atoms with Crippen molar-refractivity contribution >= 4 is 17.7 Å². The van der Waals surface area contributed by atoms with Crippen LogP contribution < -0.4 is 0 Å². The Bertz CT molecular complexity index is 596. The van der Waals surface area contributed by atoms with Gasteiger partial charge in [-0.25, -0.2) is 9.48 Å². The second kappa shape index (κ2) is 7.26. The summed E-state index contributed by atoms with van der Waals surface area (Å²) >= 11 is 1.72. The van der Waals surface area contributed by atoms with E-state index in [1.807, 2.05) is 18.2 Å². The molecule has 6 heteroatoms. The molecule has 0 atom stereocenters. The van der Waals surface area contributed by atoms with Crippen LogP contribution in [0.2, 0.25) is 0 Å². The zero-order valence-electron chi connectivity index (χ0n) is 12.2. The van der Waals surface area contributed by atoms with Gasteiger partial charge in [-0.3, -0.25) is 0 Å². The number of aromatic nitrogens is 3. The molecule has 0 amide bonds. The Kier molecular flexibility index (Phi) is 5.38. The lowest BCUT2D eigenvalue weighted by atomic mass is 10.1. The fourth-order valence-electron chi connectivity index (χ4n) is 2.03. The zero-order chi connectivity index (χ0) is 15.2. The molecule has 0 aliphatic carbocycles. The van der Waals surface area contributed by atoms with Gasteiger partial charge >= 0.3 is 5.97 Å². The van der Waals surface area contributed by atoms with Crippen LogP contribution in [-0.4, -0.2) is 31.8 Å². The average Bonchev–Trinajstić information content (AvgIpc) is 2.82. The maximum atomic E-state index is 11.2. The number of hydrogen-bond donors (Lipinski definition) is 1. The van der Waals surface area contributed by atoms with Gasteiger partial charge < -0.3 is 5.11 Å². The molecule has 0 saturated heterocycles. The van der Waals surface area contributed by atoms with Crippen molar-refractivity contribution in [2.45, 2.75) is 31.7 Å². The van der Waals surface area contributed by atoms with Crippen LogP contribution in [0.15, 0.2) is 35.2 Å². The lowest BCUT2D eigenvalue weighted by molar-refractivity contribution is 0.0689. The minimum absolute atomic E-state index is 0.0772. The van der Waals surface area contributed by atoms with Gasteiger partial charge in [0.25, 0.3) is 0 Å². The van der Waals surface area contributed by atoms with Crippen molar-refractivity contribution in [2.24, 2.45) is 5.92 Å². The molecule has 0 spiro atoms. The van der Waals surface area contributed by atoms with E-state index in [2.05, 4.69) is 36.3 Å². The molecule has 0 bridgehead atoms. The molecule has 0 unspecified atom stereocenters. The highest BCUT2D eigenvalue weighted by molar-refractivity contribution is 7.99. The van der Waals surface area contributed by atoms with E-state index in [0.717, 1.165) is 5.75 Å². The Balaban J connectivity index is 2.04. The Morgan fingerprint density at radius 1 is 1.33 bits per heavy atom. The van der Waals surface area contributed by atoms with Gasteiger partial charge in [-0.1, -0.05) is 37.3 Å². The highest BCUT2D eigenvalue weighted by Gasteiger charge is 2.19. The van der Waals surface area contributed by atoms with E-state index in [0.29, 0.717) is 24.6 Å². The summed E-state index contributed by atoms with van der Waals surface area (Å²) < 4.78 is 1.72. The lowest BCUT2D eigenvalue weighted by Crippen LogP contribution is -2.12. The molecule has 1 heterocycles. The maximum Gasteiger partial charge on any atom is 0.358 e. The molecule has 2 rings (SSSR count). The molecule has 2 aromatic rings. The molecule has 21 heavy (non-hydrogen) atoms. The highest BCUT2D eigenvalue weighted by atomic mass is 32.2. The molecule has 1 N–H and O–H groups in total. The first-order valence-electron chi connectivity index (χ1n) is 6.91. The monoisotopic (exact) mass is 305 g/mol. The van der Waals surface area contributed by atoms with E-state index in [1.54, 1.807) is 16.4 Å². The van der Waals surface area contributed by atoms with E-state index in [1.165, 1.54) is 4.90 Å². The van der Waals surface area contributed by atoms with Crippen molar-refractivity contribution in [1.29, 1.82) is 0 Å². The average molecular weight is 305 g/mol. The number of aryl methyl sites for hydroxylation is 1. The van der Waals surface area contributed by atoms with Crippen LogP contribution in [0.25, 0.3) is 0 Å². The topological polar surface area (TPSA) is 68.0 Å². The summed E-state index contributed by atoms with van der Waals surface area (Å²) in [5.74, 6) is 0.187. The summed E-state index contributed by atoms with van der Waals surface area (Å²) in [7, 11) is 0. The van der Waals surface area contributed by atoms with Crippen LogP contribution in [0.4, 0.5) is 0 Å². The van der Waals surface area contributed by atoms with Crippen molar-refractivity contribution < 1.29 is 9.90 Å². The Hall–Kier alpha value is -1.82. The van der Waals surface area contributed by atoms with Crippen molar-refractivity contribution in [3.05, 3.63) is 41.7 Å². The van der Waals surface area contributed by atoms with Gasteiger partial charge in [0, 0.05) is 10.6 Å². The summed E-state index contributed by atoms with van der Waals surface area (Å²) in [6.07, 6.45) is 0.671. The number of rotatable bonds is 7. The van der Waals surface area contributed by atoms with Gasteiger partial charge in [-0.05, 0) is 24.5 Å². The molecule has 5 nitrogen and oxygen atoms in total. The first-order chi connectivity index (χ1) is 10.1. The van der Waals surface area contributed by atoms with Gasteiger partial charge in [-0.15, -0.1) is 16.9 Å². The van der Waals surface area contributed by atoms with Crippen molar-refractivity contribution in [3.8, 4) is 0 Å². The molecule has 0 fully saturated rings. The third-order valence-corrected chi connectivity index (χ3v) is 3.95. The van der Waals surface area contributed by atoms with Crippen LogP contribution in [0.1, 0.15) is 30.0 Å². The maximum absolute atomic E-state index is 11.2. The van der Waals surface area contributed by atoms with Gasteiger partial charge in [0.1, 0.15) is 0 Å². The van der Waals surface area contributed by atoms with Crippen molar-refractivity contribution in [2.75, 3.05) is 5.75 Å². The molecule has 0 radical (unpaired) electrons. The molecule has 1 aromatic heterocycles. The van der Waals surface area contributed by atoms with Gasteiger partial charge in [0.05, 0.1) is 12.2 Å². The van der Waals surface area contributed by atoms with Crippen molar-refractivity contribution in [3.63, 3.8) is 0 Å². The Labute approximate surface area is 128 Å². The van der Waals surface area contributed by atoms with Gasteiger partial charge in [0.2, 0.25) is 0 Å². The third-order valence-electron chi connectivity index (χ3n) is 2.96. The van der Waals surface area contributed by atoms with E-state index < -0.39 is 5.97 Å². The minimum atomic E-state index is -1.01. The SMILES string of the molecule is CC(C)Cc1c(C(=O)O)nnn1CCSc1ccccc1. The molecule has 112 valence electrons. The van der Waals surface area contributed by atoms with Gasteiger partial charge in [0.15, 0.2) is 5.69 Å². The number of carboxylic acid groups (broad SMARTS) is 1. The second-order valence-corrected chi connectivity index (χ2v) is 6.34. The minimum Gasteiger partial charge on any atom is -0.476 e. The highest BCUT2D eigenvalue weighted by Crippen LogP contribution is 2.18. The Morgan fingerprint density at radius 2 is 2.05 bits per heavy atom. The normalized spacial score (nSPS) is 11.0. The Morgan fingerprint density at radius 3 is 2.67 bits per heavy atom. The standard InChI is InChI=1S/C15H19N3O2S/c1-11(2)10-13-14(15(19)20)16-17-18(13)8-9-21-12-6-4-3-5-7-12/h3-7,11H,8-10H2,1-2H3,(H,19,20). The predicted octanol–water partition coefficient (Wildman–Crippen LogP) is 2.97. The van der Waals surface area contributed by atoms with Crippen LogP contribution in [0.5, 0.6) is 0 Å². The fourth-order valence-corrected chi connectivity index (χ4v) is 2.88. The van der Waals surface area contributed by atoms with Crippen LogP contribution in [0, 0.1) is 5.92 Å². The predicted molar refractivity (Wildman–Crippen MR) is 82.7 cm³/mol. The molecular weight excluding hydrogens is 286 g/mol. The van der Waals surface area contributed by atoms with Crippen LogP contribution in [-0.2, 0) is 13.0 Å². The fraction of sp³-hybridized carbons (Fsp3) is 0.400. The van der Waals surface area contributed by atoms with Crippen LogP contribution in [0.3, 0.4) is 0 Å².